The minimum absolute atomic E-state index is 0.128. The predicted molar refractivity (Wildman–Crippen MR) is 54.3 cm³/mol. The molecule has 0 bridgehead atoms. The van der Waals surface area contributed by atoms with Crippen molar-refractivity contribution in [1.29, 1.82) is 5.26 Å². The van der Waals surface area contributed by atoms with E-state index in [1.807, 2.05) is 14.1 Å². The fraction of sp³-hybridized carbons (Fsp3) is 0.909. The van der Waals surface area contributed by atoms with Gasteiger partial charge in [-0.1, -0.05) is 26.7 Å². The highest BCUT2D eigenvalue weighted by Crippen LogP contribution is 2.46. The van der Waals surface area contributed by atoms with E-state index >= 15 is 0 Å². The zero-order chi connectivity index (χ0) is 10.1. The van der Waals surface area contributed by atoms with Gasteiger partial charge < -0.3 is 0 Å². The first-order chi connectivity index (χ1) is 5.96. The van der Waals surface area contributed by atoms with Crippen LogP contribution in [0.2, 0.25) is 0 Å². The Kier molecular flexibility index (Phi) is 2.68. The number of rotatable bonds is 1. The van der Waals surface area contributed by atoms with E-state index in [0.717, 1.165) is 6.42 Å². The van der Waals surface area contributed by atoms with Crippen LogP contribution in [-0.4, -0.2) is 24.5 Å². The molecule has 0 saturated heterocycles. The second kappa shape index (κ2) is 3.31. The Morgan fingerprint density at radius 3 is 2.00 bits per heavy atom. The van der Waals surface area contributed by atoms with Crippen LogP contribution in [0.3, 0.4) is 0 Å². The zero-order valence-electron chi connectivity index (χ0n) is 9.22. The average molecular weight is 180 g/mol. The summed E-state index contributed by atoms with van der Waals surface area (Å²) in [5, 5.41) is 9.36. The maximum atomic E-state index is 9.36. The van der Waals surface area contributed by atoms with Gasteiger partial charge in [-0.15, -0.1) is 0 Å². The lowest BCUT2D eigenvalue weighted by Crippen LogP contribution is -2.55. The molecule has 1 fully saturated rings. The van der Waals surface area contributed by atoms with Crippen LogP contribution in [0.15, 0.2) is 0 Å². The molecule has 0 spiro atoms. The van der Waals surface area contributed by atoms with Crippen LogP contribution in [0.4, 0.5) is 0 Å². The smallest absolute Gasteiger partial charge is 0.113 e. The van der Waals surface area contributed by atoms with Gasteiger partial charge in [0.1, 0.15) is 5.54 Å². The van der Waals surface area contributed by atoms with E-state index in [9.17, 15) is 5.26 Å². The first-order valence-corrected chi connectivity index (χ1v) is 5.05. The third-order valence-corrected chi connectivity index (χ3v) is 3.66. The third-order valence-electron chi connectivity index (χ3n) is 3.66. The monoisotopic (exact) mass is 180 g/mol. The van der Waals surface area contributed by atoms with Crippen molar-refractivity contribution in [3.63, 3.8) is 0 Å². The van der Waals surface area contributed by atoms with Gasteiger partial charge in [-0.25, -0.2) is 0 Å². The van der Waals surface area contributed by atoms with E-state index in [-0.39, 0.29) is 11.0 Å². The second-order valence-electron chi connectivity index (χ2n) is 4.96. The molecule has 0 aromatic carbocycles. The summed E-state index contributed by atoms with van der Waals surface area (Å²) in [6, 6.07) is 2.53. The Balaban J connectivity index is 3.02. The quantitative estimate of drug-likeness (QED) is 0.619. The molecule has 1 atom stereocenters. The van der Waals surface area contributed by atoms with Gasteiger partial charge in [0.2, 0.25) is 0 Å². The van der Waals surface area contributed by atoms with Crippen LogP contribution in [-0.2, 0) is 0 Å². The SMILES string of the molecule is CN(C)C1(C#N)CCCCC1(C)C. The molecule has 1 saturated carbocycles. The van der Waals surface area contributed by atoms with Crippen molar-refractivity contribution >= 4 is 0 Å². The summed E-state index contributed by atoms with van der Waals surface area (Å²) in [6.07, 6.45) is 4.64. The van der Waals surface area contributed by atoms with Crippen molar-refractivity contribution in [2.75, 3.05) is 14.1 Å². The van der Waals surface area contributed by atoms with E-state index < -0.39 is 0 Å². The summed E-state index contributed by atoms with van der Waals surface area (Å²) >= 11 is 0. The Labute approximate surface area is 81.5 Å². The molecule has 0 aromatic rings. The minimum Gasteiger partial charge on any atom is -0.291 e. The summed E-state index contributed by atoms with van der Waals surface area (Å²) < 4.78 is 0. The molecule has 13 heavy (non-hydrogen) atoms. The Morgan fingerprint density at radius 2 is 1.69 bits per heavy atom. The normalized spacial score (nSPS) is 32.9. The van der Waals surface area contributed by atoms with Gasteiger partial charge >= 0.3 is 0 Å². The molecule has 74 valence electrons. The molecule has 0 radical (unpaired) electrons. The molecule has 0 aliphatic heterocycles. The van der Waals surface area contributed by atoms with Crippen molar-refractivity contribution < 1.29 is 0 Å². The molecule has 2 heteroatoms. The van der Waals surface area contributed by atoms with Crippen molar-refractivity contribution in [3.8, 4) is 6.07 Å². The van der Waals surface area contributed by atoms with Crippen LogP contribution in [0.5, 0.6) is 0 Å². The molecule has 0 N–H and O–H groups in total. The Bertz CT molecular complexity index is 225. The summed E-state index contributed by atoms with van der Waals surface area (Å²) in [7, 11) is 4.05. The standard InChI is InChI=1S/C11H20N2/c1-10(2)7-5-6-8-11(10,9-12)13(3)4/h5-8H2,1-4H3. The lowest BCUT2D eigenvalue weighted by molar-refractivity contribution is 0.0257. The first-order valence-electron chi connectivity index (χ1n) is 5.05. The Hall–Kier alpha value is -0.550. The summed E-state index contributed by atoms with van der Waals surface area (Å²) in [4.78, 5) is 2.10. The van der Waals surface area contributed by atoms with Crippen LogP contribution in [0.25, 0.3) is 0 Å². The van der Waals surface area contributed by atoms with Gasteiger partial charge in [-0.05, 0) is 32.4 Å². The predicted octanol–water partition coefficient (Wildman–Crippen LogP) is 2.41. The fourth-order valence-corrected chi connectivity index (χ4v) is 2.63. The summed E-state index contributed by atoms with van der Waals surface area (Å²) in [5.74, 6) is 0. The molecule has 2 nitrogen and oxygen atoms in total. The third kappa shape index (κ3) is 1.46. The van der Waals surface area contributed by atoms with Crippen LogP contribution >= 0.6 is 0 Å². The molecule has 1 rings (SSSR count). The van der Waals surface area contributed by atoms with E-state index in [4.69, 9.17) is 0 Å². The van der Waals surface area contributed by atoms with Crippen LogP contribution in [0, 0.1) is 16.7 Å². The van der Waals surface area contributed by atoms with E-state index in [1.165, 1.54) is 19.3 Å². The van der Waals surface area contributed by atoms with Crippen LogP contribution in [0.1, 0.15) is 39.5 Å². The molecule has 0 aromatic heterocycles. The van der Waals surface area contributed by atoms with Crippen molar-refractivity contribution in [1.82, 2.24) is 4.90 Å². The number of hydrogen-bond donors (Lipinski definition) is 0. The fourth-order valence-electron chi connectivity index (χ4n) is 2.63. The number of hydrogen-bond acceptors (Lipinski definition) is 2. The van der Waals surface area contributed by atoms with Crippen molar-refractivity contribution in [2.24, 2.45) is 5.41 Å². The molecular weight excluding hydrogens is 160 g/mol. The molecule has 0 heterocycles. The van der Waals surface area contributed by atoms with E-state index in [1.54, 1.807) is 0 Å². The lowest BCUT2D eigenvalue weighted by atomic mass is 9.63. The van der Waals surface area contributed by atoms with Gasteiger partial charge in [-0.2, -0.15) is 5.26 Å². The van der Waals surface area contributed by atoms with E-state index in [2.05, 4.69) is 24.8 Å². The number of nitriles is 1. The van der Waals surface area contributed by atoms with Crippen LogP contribution < -0.4 is 0 Å². The average Bonchev–Trinajstić information content (AvgIpc) is 2.03. The molecule has 1 aliphatic carbocycles. The second-order valence-corrected chi connectivity index (χ2v) is 4.96. The highest BCUT2D eigenvalue weighted by Gasteiger charge is 2.48. The van der Waals surface area contributed by atoms with Gasteiger partial charge in [0, 0.05) is 0 Å². The largest absolute Gasteiger partial charge is 0.291 e. The summed E-state index contributed by atoms with van der Waals surface area (Å²) in [6.45, 7) is 4.44. The van der Waals surface area contributed by atoms with Crippen molar-refractivity contribution in [2.45, 2.75) is 45.1 Å². The van der Waals surface area contributed by atoms with Gasteiger partial charge in [0.05, 0.1) is 6.07 Å². The first kappa shape index (κ1) is 10.5. The molecule has 1 aliphatic rings. The number of nitrogens with zero attached hydrogens (tertiary/aromatic N) is 2. The summed E-state index contributed by atoms with van der Waals surface area (Å²) in [5.41, 5.74) is -0.116. The molecular formula is C11H20N2. The lowest BCUT2D eigenvalue weighted by Gasteiger charge is -2.49. The highest BCUT2D eigenvalue weighted by molar-refractivity contribution is 5.16. The molecule has 1 unspecified atom stereocenters. The van der Waals surface area contributed by atoms with E-state index in [0.29, 0.717) is 0 Å². The minimum atomic E-state index is -0.245. The van der Waals surface area contributed by atoms with Crippen molar-refractivity contribution in [3.05, 3.63) is 0 Å². The van der Waals surface area contributed by atoms with Gasteiger partial charge in [0.15, 0.2) is 0 Å². The maximum Gasteiger partial charge on any atom is 0.113 e. The van der Waals surface area contributed by atoms with Gasteiger partial charge in [0.25, 0.3) is 0 Å². The maximum absolute atomic E-state index is 9.36. The topological polar surface area (TPSA) is 27.0 Å². The highest BCUT2D eigenvalue weighted by atomic mass is 15.2. The Morgan fingerprint density at radius 1 is 1.15 bits per heavy atom. The molecule has 0 amide bonds. The zero-order valence-corrected chi connectivity index (χ0v) is 9.22. The van der Waals surface area contributed by atoms with Gasteiger partial charge in [-0.3, -0.25) is 4.90 Å².